The van der Waals surface area contributed by atoms with Crippen LogP contribution in [0.5, 0.6) is 0 Å². The first-order valence-electron chi connectivity index (χ1n) is 3.92. The van der Waals surface area contributed by atoms with Crippen LogP contribution < -0.4 is 0 Å². The van der Waals surface area contributed by atoms with Crippen molar-refractivity contribution >= 4 is 0 Å². The molecule has 4 N–H and O–H groups in total. The maximum absolute atomic E-state index is 9.49. The summed E-state index contributed by atoms with van der Waals surface area (Å²) in [6.07, 6.45) is -3.76. The molecule has 1 rings (SSSR count). The van der Waals surface area contributed by atoms with Crippen LogP contribution in [0.1, 0.15) is 13.3 Å². The number of aliphatic hydroxyl groups is 4. The summed E-state index contributed by atoms with van der Waals surface area (Å²) in [5, 5.41) is 37.0. The van der Waals surface area contributed by atoms with Crippen LogP contribution in [0.25, 0.3) is 0 Å². The Morgan fingerprint density at radius 2 is 2.00 bits per heavy atom. The summed E-state index contributed by atoms with van der Waals surface area (Å²) in [5.41, 5.74) is 0. The van der Waals surface area contributed by atoms with Crippen molar-refractivity contribution in [3.63, 3.8) is 0 Å². The van der Waals surface area contributed by atoms with E-state index in [0.717, 1.165) is 0 Å². The average Bonchev–Trinajstić information content (AvgIpc) is 2.09. The van der Waals surface area contributed by atoms with E-state index in [1.807, 2.05) is 0 Å². The van der Waals surface area contributed by atoms with E-state index in [1.54, 1.807) is 6.92 Å². The van der Waals surface area contributed by atoms with Gasteiger partial charge in [0, 0.05) is 6.42 Å². The Morgan fingerprint density at radius 3 is 2.50 bits per heavy atom. The van der Waals surface area contributed by atoms with Gasteiger partial charge in [-0.25, -0.2) is 0 Å². The highest BCUT2D eigenvalue weighted by Crippen LogP contribution is 2.26. The minimum atomic E-state index is -1.72. The third kappa shape index (κ3) is 1.46. The normalized spacial score (nSPS) is 49.2. The number of rotatable bonds is 1. The number of hydrogen-bond acceptors (Lipinski definition) is 5. The van der Waals surface area contributed by atoms with Crippen molar-refractivity contribution in [3.8, 4) is 0 Å². The molecule has 3 unspecified atom stereocenters. The third-order valence-electron chi connectivity index (χ3n) is 2.19. The lowest BCUT2D eigenvalue weighted by atomic mass is 9.95. The summed E-state index contributed by atoms with van der Waals surface area (Å²) >= 11 is 0. The maximum Gasteiger partial charge on any atom is 0.194 e. The lowest BCUT2D eigenvalue weighted by Crippen LogP contribution is -2.60. The predicted molar refractivity (Wildman–Crippen MR) is 39.2 cm³/mol. The summed E-state index contributed by atoms with van der Waals surface area (Å²) in [6.45, 7) is 1.45. The van der Waals surface area contributed by atoms with Gasteiger partial charge in [0.1, 0.15) is 18.3 Å². The molecule has 0 radical (unpaired) electrons. The summed E-state index contributed by atoms with van der Waals surface area (Å²) in [4.78, 5) is 0. The molecule has 0 spiro atoms. The highest BCUT2D eigenvalue weighted by atomic mass is 16.6. The largest absolute Gasteiger partial charge is 0.388 e. The van der Waals surface area contributed by atoms with Crippen molar-refractivity contribution in [3.05, 3.63) is 0 Å². The minimum absolute atomic E-state index is 0.164. The van der Waals surface area contributed by atoms with Gasteiger partial charge in [-0.2, -0.15) is 0 Å². The zero-order valence-electron chi connectivity index (χ0n) is 6.84. The Morgan fingerprint density at radius 1 is 1.42 bits per heavy atom. The molecule has 0 aromatic carbocycles. The van der Waals surface area contributed by atoms with Gasteiger partial charge in [-0.05, 0) is 0 Å². The Kier molecular flexibility index (Phi) is 2.70. The van der Waals surface area contributed by atoms with Gasteiger partial charge in [-0.1, -0.05) is 6.92 Å². The summed E-state index contributed by atoms with van der Waals surface area (Å²) in [5.74, 6) is -1.72. The molecule has 4 atom stereocenters. The molecule has 1 saturated heterocycles. The second kappa shape index (κ2) is 3.27. The van der Waals surface area contributed by atoms with Gasteiger partial charge < -0.3 is 25.2 Å². The molecular weight excluding hydrogens is 164 g/mol. The quantitative estimate of drug-likeness (QED) is 0.380. The van der Waals surface area contributed by atoms with E-state index >= 15 is 0 Å². The van der Waals surface area contributed by atoms with Crippen molar-refractivity contribution in [2.45, 2.75) is 37.4 Å². The smallest absolute Gasteiger partial charge is 0.194 e. The summed E-state index contributed by atoms with van der Waals surface area (Å²) in [7, 11) is 0. The van der Waals surface area contributed by atoms with E-state index in [4.69, 9.17) is 9.84 Å². The Balaban J connectivity index is 2.71. The Labute approximate surface area is 70.2 Å². The highest BCUT2D eigenvalue weighted by molar-refractivity contribution is 4.90. The minimum Gasteiger partial charge on any atom is -0.388 e. The van der Waals surface area contributed by atoms with E-state index in [1.165, 1.54) is 0 Å². The van der Waals surface area contributed by atoms with Crippen LogP contribution in [0.4, 0.5) is 0 Å². The van der Waals surface area contributed by atoms with Crippen molar-refractivity contribution in [2.75, 3.05) is 6.61 Å². The van der Waals surface area contributed by atoms with Gasteiger partial charge in [-0.3, -0.25) is 0 Å². The van der Waals surface area contributed by atoms with Crippen LogP contribution in [0, 0.1) is 0 Å². The topological polar surface area (TPSA) is 90.2 Å². The molecule has 0 saturated carbocycles. The number of hydrogen-bond donors (Lipinski definition) is 4. The molecule has 0 aromatic heterocycles. The Bertz CT molecular complexity index is 162. The molecule has 5 heteroatoms. The molecule has 1 aliphatic rings. The van der Waals surface area contributed by atoms with E-state index in [0.29, 0.717) is 0 Å². The van der Waals surface area contributed by atoms with Gasteiger partial charge in [0.25, 0.3) is 0 Å². The van der Waals surface area contributed by atoms with Crippen molar-refractivity contribution in [1.82, 2.24) is 0 Å². The van der Waals surface area contributed by atoms with Crippen molar-refractivity contribution in [1.29, 1.82) is 0 Å². The van der Waals surface area contributed by atoms with Crippen LogP contribution >= 0.6 is 0 Å². The molecule has 5 nitrogen and oxygen atoms in total. The van der Waals surface area contributed by atoms with Crippen LogP contribution in [0.2, 0.25) is 0 Å². The fourth-order valence-electron chi connectivity index (χ4n) is 1.20. The first-order chi connectivity index (χ1) is 5.51. The van der Waals surface area contributed by atoms with E-state index in [-0.39, 0.29) is 13.0 Å². The maximum atomic E-state index is 9.49. The van der Waals surface area contributed by atoms with Gasteiger partial charge in [0.05, 0.1) is 6.61 Å². The molecule has 0 aliphatic carbocycles. The van der Waals surface area contributed by atoms with Gasteiger partial charge in [-0.15, -0.1) is 0 Å². The summed E-state index contributed by atoms with van der Waals surface area (Å²) < 4.78 is 4.81. The first kappa shape index (κ1) is 9.88. The molecular formula is C7H14O5. The molecule has 12 heavy (non-hydrogen) atoms. The van der Waals surface area contributed by atoms with Crippen LogP contribution in [-0.4, -0.2) is 51.1 Å². The zero-order chi connectivity index (χ0) is 9.35. The van der Waals surface area contributed by atoms with Gasteiger partial charge in [0.15, 0.2) is 5.79 Å². The molecule has 1 heterocycles. The highest BCUT2D eigenvalue weighted by Gasteiger charge is 2.46. The molecule has 1 aliphatic heterocycles. The monoisotopic (exact) mass is 178 g/mol. The average molecular weight is 178 g/mol. The van der Waals surface area contributed by atoms with Crippen molar-refractivity contribution in [2.24, 2.45) is 0 Å². The van der Waals surface area contributed by atoms with E-state index in [2.05, 4.69) is 0 Å². The lowest BCUT2D eigenvalue weighted by Gasteiger charge is -2.41. The molecule has 0 aromatic rings. The molecule has 0 bridgehead atoms. The first-order valence-corrected chi connectivity index (χ1v) is 3.92. The van der Waals surface area contributed by atoms with Crippen LogP contribution in [0.15, 0.2) is 0 Å². The van der Waals surface area contributed by atoms with E-state index in [9.17, 15) is 15.3 Å². The van der Waals surface area contributed by atoms with Crippen LogP contribution in [0.3, 0.4) is 0 Å². The number of aliphatic hydroxyl groups excluding tert-OH is 3. The van der Waals surface area contributed by atoms with Crippen LogP contribution in [-0.2, 0) is 4.74 Å². The van der Waals surface area contributed by atoms with E-state index < -0.39 is 24.1 Å². The lowest BCUT2D eigenvalue weighted by molar-refractivity contribution is -0.321. The third-order valence-corrected chi connectivity index (χ3v) is 2.19. The van der Waals surface area contributed by atoms with Crippen molar-refractivity contribution < 1.29 is 25.2 Å². The standard InChI is InChI=1S/C7H14O5/c1-2-7(11)6(10)5(9)4(8)3-12-7/h4-6,8-11H,2-3H2,1H3/t4?,5?,6?,7-/m1/s1. The molecule has 72 valence electrons. The molecule has 1 fully saturated rings. The predicted octanol–water partition coefficient (Wildman–Crippen LogP) is -1.80. The SMILES string of the molecule is CC[C@@]1(O)OCC(O)C(O)C1O. The van der Waals surface area contributed by atoms with Gasteiger partial charge in [0.2, 0.25) is 0 Å². The Hall–Kier alpha value is -0.200. The second-order valence-corrected chi connectivity index (χ2v) is 3.01. The second-order valence-electron chi connectivity index (χ2n) is 3.01. The van der Waals surface area contributed by atoms with Gasteiger partial charge >= 0.3 is 0 Å². The fourth-order valence-corrected chi connectivity index (χ4v) is 1.20. The number of ether oxygens (including phenoxy) is 1. The fraction of sp³-hybridized carbons (Fsp3) is 1.00. The zero-order valence-corrected chi connectivity index (χ0v) is 6.84. The molecule has 0 amide bonds. The summed E-state index contributed by atoms with van der Waals surface area (Å²) in [6, 6.07) is 0.